The molecule has 21 heavy (non-hydrogen) atoms. The SMILES string of the molecule is COc1cc(-c2nc(C)c(C(=O)O)o2)cc(OC)c1OC. The molecule has 7 nitrogen and oxygen atoms in total. The van der Waals surface area contributed by atoms with Gasteiger partial charge in [0.25, 0.3) is 0 Å². The predicted molar refractivity (Wildman–Crippen MR) is 73.3 cm³/mol. The lowest BCUT2D eigenvalue weighted by Gasteiger charge is -2.12. The maximum atomic E-state index is 11.0. The van der Waals surface area contributed by atoms with Crippen LogP contribution < -0.4 is 14.2 Å². The van der Waals surface area contributed by atoms with Crippen molar-refractivity contribution in [3.63, 3.8) is 0 Å². The topological polar surface area (TPSA) is 91.0 Å². The van der Waals surface area contributed by atoms with Crippen LogP contribution in [0.15, 0.2) is 16.5 Å². The molecule has 0 aliphatic carbocycles. The van der Waals surface area contributed by atoms with Crippen LogP contribution in [0.2, 0.25) is 0 Å². The van der Waals surface area contributed by atoms with Crippen molar-refractivity contribution >= 4 is 5.97 Å². The van der Waals surface area contributed by atoms with Crippen molar-refractivity contribution < 1.29 is 28.5 Å². The molecule has 0 aliphatic rings. The summed E-state index contributed by atoms with van der Waals surface area (Å²) in [4.78, 5) is 15.1. The Morgan fingerprint density at radius 1 is 1.14 bits per heavy atom. The van der Waals surface area contributed by atoms with Crippen LogP contribution in [0.1, 0.15) is 16.2 Å². The minimum Gasteiger partial charge on any atom is -0.493 e. The largest absolute Gasteiger partial charge is 0.493 e. The number of rotatable bonds is 5. The Bertz CT molecular complexity index is 651. The minimum atomic E-state index is -1.17. The van der Waals surface area contributed by atoms with Crippen molar-refractivity contribution in [3.8, 4) is 28.7 Å². The van der Waals surface area contributed by atoms with Gasteiger partial charge >= 0.3 is 5.97 Å². The fourth-order valence-electron chi connectivity index (χ4n) is 1.92. The van der Waals surface area contributed by atoms with E-state index in [1.807, 2.05) is 0 Å². The molecule has 7 heteroatoms. The van der Waals surface area contributed by atoms with Crippen LogP contribution in [0.4, 0.5) is 0 Å². The number of carbonyl (C=O) groups is 1. The van der Waals surface area contributed by atoms with Gasteiger partial charge in [-0.1, -0.05) is 0 Å². The summed E-state index contributed by atoms with van der Waals surface area (Å²) in [6.45, 7) is 1.56. The summed E-state index contributed by atoms with van der Waals surface area (Å²) in [5.41, 5.74) is 0.825. The van der Waals surface area contributed by atoms with E-state index in [0.29, 0.717) is 28.5 Å². The monoisotopic (exact) mass is 293 g/mol. The molecule has 112 valence electrons. The smallest absolute Gasteiger partial charge is 0.373 e. The lowest BCUT2D eigenvalue weighted by Crippen LogP contribution is -1.96. The first-order valence-corrected chi connectivity index (χ1v) is 6.03. The number of carboxylic acids is 1. The second kappa shape index (κ2) is 5.74. The quantitative estimate of drug-likeness (QED) is 0.904. The fourth-order valence-corrected chi connectivity index (χ4v) is 1.92. The van der Waals surface area contributed by atoms with Gasteiger partial charge in [-0.2, -0.15) is 0 Å². The molecule has 1 aromatic heterocycles. The number of aromatic nitrogens is 1. The zero-order valence-corrected chi connectivity index (χ0v) is 12.1. The Hall–Kier alpha value is -2.70. The molecule has 0 amide bonds. The molecule has 0 radical (unpaired) electrons. The number of oxazole rings is 1. The Morgan fingerprint density at radius 3 is 2.10 bits per heavy atom. The number of nitrogens with zero attached hydrogens (tertiary/aromatic N) is 1. The van der Waals surface area contributed by atoms with Crippen LogP contribution in [0.5, 0.6) is 17.2 Å². The van der Waals surface area contributed by atoms with Gasteiger partial charge in [-0.05, 0) is 19.1 Å². The number of carboxylic acid groups (broad SMARTS) is 1. The highest BCUT2D eigenvalue weighted by Gasteiger charge is 2.20. The highest BCUT2D eigenvalue weighted by molar-refractivity contribution is 5.86. The van der Waals surface area contributed by atoms with Crippen molar-refractivity contribution in [2.75, 3.05) is 21.3 Å². The molecule has 0 aliphatic heterocycles. The van der Waals surface area contributed by atoms with Crippen LogP contribution in [0.3, 0.4) is 0 Å². The van der Waals surface area contributed by atoms with E-state index >= 15 is 0 Å². The Kier molecular flexibility index (Phi) is 4.02. The summed E-state index contributed by atoms with van der Waals surface area (Å²) in [6.07, 6.45) is 0. The molecule has 0 bridgehead atoms. The first-order chi connectivity index (χ1) is 10.0. The average molecular weight is 293 g/mol. The predicted octanol–water partition coefficient (Wildman–Crippen LogP) is 2.37. The second-order valence-corrected chi connectivity index (χ2v) is 4.15. The van der Waals surface area contributed by atoms with Crippen LogP contribution >= 0.6 is 0 Å². The molecule has 0 saturated carbocycles. The van der Waals surface area contributed by atoms with Crippen molar-refractivity contribution in [1.82, 2.24) is 4.98 Å². The summed E-state index contributed by atoms with van der Waals surface area (Å²) < 4.78 is 21.0. The van der Waals surface area contributed by atoms with E-state index in [2.05, 4.69) is 4.98 Å². The van der Waals surface area contributed by atoms with Crippen molar-refractivity contribution in [2.24, 2.45) is 0 Å². The van der Waals surface area contributed by atoms with Gasteiger partial charge in [-0.25, -0.2) is 9.78 Å². The Morgan fingerprint density at radius 2 is 1.71 bits per heavy atom. The van der Waals surface area contributed by atoms with E-state index < -0.39 is 5.97 Å². The number of methoxy groups -OCH3 is 3. The van der Waals surface area contributed by atoms with Crippen LogP contribution in [0, 0.1) is 6.92 Å². The van der Waals surface area contributed by atoms with E-state index in [1.54, 1.807) is 19.1 Å². The first-order valence-electron chi connectivity index (χ1n) is 6.03. The van der Waals surface area contributed by atoms with Crippen molar-refractivity contribution in [2.45, 2.75) is 6.92 Å². The van der Waals surface area contributed by atoms with Crippen LogP contribution in [-0.4, -0.2) is 37.4 Å². The third-order valence-electron chi connectivity index (χ3n) is 2.90. The maximum Gasteiger partial charge on any atom is 0.373 e. The highest BCUT2D eigenvalue weighted by atomic mass is 16.5. The standard InChI is InChI=1S/C14H15NO6/c1-7-11(14(16)17)21-13(15-7)8-5-9(18-2)12(20-4)10(6-8)19-3/h5-6H,1-4H3,(H,16,17). The molecule has 2 rings (SSSR count). The molecule has 0 unspecified atom stereocenters. The van der Waals surface area contributed by atoms with Crippen molar-refractivity contribution in [1.29, 1.82) is 0 Å². The summed E-state index contributed by atoms with van der Waals surface area (Å²) in [7, 11) is 4.48. The fraction of sp³-hybridized carbons (Fsp3) is 0.286. The van der Waals surface area contributed by atoms with Gasteiger partial charge in [0.1, 0.15) is 0 Å². The van der Waals surface area contributed by atoms with Gasteiger partial charge in [0.15, 0.2) is 11.5 Å². The van der Waals surface area contributed by atoms with Gasteiger partial charge in [-0.15, -0.1) is 0 Å². The summed E-state index contributed by atoms with van der Waals surface area (Å²) in [5, 5.41) is 9.01. The zero-order valence-electron chi connectivity index (χ0n) is 12.1. The Balaban J connectivity index is 2.59. The van der Waals surface area contributed by atoms with Gasteiger partial charge in [-0.3, -0.25) is 0 Å². The number of hydrogen-bond acceptors (Lipinski definition) is 6. The Labute approximate surface area is 121 Å². The van der Waals surface area contributed by atoms with Gasteiger partial charge in [0, 0.05) is 5.56 Å². The van der Waals surface area contributed by atoms with Crippen LogP contribution in [0.25, 0.3) is 11.5 Å². The van der Waals surface area contributed by atoms with E-state index in [9.17, 15) is 4.79 Å². The van der Waals surface area contributed by atoms with E-state index in [-0.39, 0.29) is 11.7 Å². The highest BCUT2D eigenvalue weighted by Crippen LogP contribution is 2.41. The average Bonchev–Trinajstić information content (AvgIpc) is 2.87. The number of benzene rings is 1. The molecule has 2 aromatic rings. The number of hydrogen-bond donors (Lipinski definition) is 1. The molecule has 1 aromatic carbocycles. The maximum absolute atomic E-state index is 11.0. The van der Waals surface area contributed by atoms with E-state index in [4.69, 9.17) is 23.7 Å². The molecular weight excluding hydrogens is 278 g/mol. The van der Waals surface area contributed by atoms with Gasteiger partial charge in [0.05, 0.1) is 27.0 Å². The molecule has 1 N–H and O–H groups in total. The molecule has 0 fully saturated rings. The number of aryl methyl sites for hydroxylation is 1. The van der Waals surface area contributed by atoms with Gasteiger partial charge < -0.3 is 23.7 Å². The lowest BCUT2D eigenvalue weighted by molar-refractivity contribution is 0.0662. The number of ether oxygens (including phenoxy) is 3. The normalized spacial score (nSPS) is 10.3. The second-order valence-electron chi connectivity index (χ2n) is 4.15. The molecule has 0 spiro atoms. The zero-order chi connectivity index (χ0) is 15.6. The van der Waals surface area contributed by atoms with Crippen molar-refractivity contribution in [3.05, 3.63) is 23.6 Å². The minimum absolute atomic E-state index is 0.171. The third-order valence-corrected chi connectivity index (χ3v) is 2.90. The van der Waals surface area contributed by atoms with Gasteiger partial charge in [0.2, 0.25) is 17.4 Å². The summed E-state index contributed by atoms with van der Waals surface area (Å²) in [5.74, 6) is 0.103. The third kappa shape index (κ3) is 2.62. The molecular formula is C14H15NO6. The lowest BCUT2D eigenvalue weighted by atomic mass is 10.2. The van der Waals surface area contributed by atoms with E-state index in [1.165, 1.54) is 21.3 Å². The first kappa shape index (κ1) is 14.7. The number of aromatic carboxylic acids is 1. The van der Waals surface area contributed by atoms with Crippen LogP contribution in [-0.2, 0) is 0 Å². The molecule has 0 atom stereocenters. The van der Waals surface area contributed by atoms with E-state index in [0.717, 1.165) is 0 Å². The summed E-state index contributed by atoms with van der Waals surface area (Å²) >= 11 is 0. The summed E-state index contributed by atoms with van der Waals surface area (Å²) in [6, 6.07) is 3.27. The molecule has 1 heterocycles. The molecule has 0 saturated heterocycles.